The van der Waals surface area contributed by atoms with E-state index < -0.39 is 0 Å². The Labute approximate surface area is 164 Å². The van der Waals surface area contributed by atoms with Crippen LogP contribution in [0.25, 0.3) is 38.8 Å². The van der Waals surface area contributed by atoms with E-state index in [-0.39, 0.29) is 11.5 Å². The molecule has 3 heterocycles. The number of pyridine rings is 2. The summed E-state index contributed by atoms with van der Waals surface area (Å²) in [5.74, 6) is 0.0958. The second kappa shape index (κ2) is 6.27. The standard InChI is InChI=1S/C22H16FN5O/c1-27-19-12-25-18-8-2-13(14-3-9-20(24)26-11-14)10-17(18)21(19)28(22(27)29)16-6-4-15(23)5-7-16/h2-12H,1H3,(H2,24,26). The molecule has 0 saturated carbocycles. The summed E-state index contributed by atoms with van der Waals surface area (Å²) in [6, 6.07) is 15.4. The number of aryl methyl sites for hydroxylation is 1. The van der Waals surface area contributed by atoms with Crippen LogP contribution in [-0.2, 0) is 7.05 Å². The van der Waals surface area contributed by atoms with Crippen molar-refractivity contribution in [3.05, 3.63) is 83.3 Å². The highest BCUT2D eigenvalue weighted by Crippen LogP contribution is 2.29. The molecule has 29 heavy (non-hydrogen) atoms. The van der Waals surface area contributed by atoms with Gasteiger partial charge in [-0.2, -0.15) is 0 Å². The maximum atomic E-state index is 13.4. The molecule has 0 atom stereocenters. The molecule has 0 amide bonds. The zero-order chi connectivity index (χ0) is 20.1. The fraction of sp³-hybridized carbons (Fsp3) is 0.0455. The molecule has 0 aliphatic carbocycles. The molecule has 0 unspecified atom stereocenters. The van der Waals surface area contributed by atoms with Gasteiger partial charge < -0.3 is 5.73 Å². The summed E-state index contributed by atoms with van der Waals surface area (Å²) in [6.07, 6.45) is 3.39. The molecule has 0 aliphatic rings. The lowest BCUT2D eigenvalue weighted by molar-refractivity contribution is 0.627. The Morgan fingerprint density at radius 3 is 2.41 bits per heavy atom. The normalized spacial score (nSPS) is 11.4. The summed E-state index contributed by atoms with van der Waals surface area (Å²) in [6.45, 7) is 0. The number of nitrogens with zero attached hydrogens (tertiary/aromatic N) is 4. The third kappa shape index (κ3) is 2.67. The van der Waals surface area contributed by atoms with Crippen LogP contribution in [0.2, 0.25) is 0 Å². The molecule has 0 aliphatic heterocycles. The molecule has 5 rings (SSSR count). The molecule has 3 aromatic heterocycles. The summed E-state index contributed by atoms with van der Waals surface area (Å²) in [5.41, 5.74) is 10.1. The van der Waals surface area contributed by atoms with E-state index in [4.69, 9.17) is 5.73 Å². The molecule has 0 spiro atoms. The molecular formula is C22H16FN5O. The summed E-state index contributed by atoms with van der Waals surface area (Å²) < 4.78 is 16.6. The zero-order valence-electron chi connectivity index (χ0n) is 15.5. The van der Waals surface area contributed by atoms with Gasteiger partial charge in [0.1, 0.15) is 11.6 Å². The van der Waals surface area contributed by atoms with Crippen LogP contribution in [0.5, 0.6) is 0 Å². The SMILES string of the molecule is Cn1c(=O)n(-c2ccc(F)cc2)c2c3cc(-c4ccc(N)nc4)ccc3ncc21. The van der Waals surface area contributed by atoms with Crippen LogP contribution < -0.4 is 11.4 Å². The number of hydrogen-bond donors (Lipinski definition) is 1. The van der Waals surface area contributed by atoms with E-state index in [1.807, 2.05) is 24.3 Å². The van der Waals surface area contributed by atoms with Gasteiger partial charge in [-0.1, -0.05) is 6.07 Å². The molecule has 2 N–H and O–H groups in total. The number of nitrogen functional groups attached to an aromatic ring is 1. The van der Waals surface area contributed by atoms with Crippen LogP contribution in [0, 0.1) is 5.82 Å². The number of rotatable bonds is 2. The highest BCUT2D eigenvalue weighted by atomic mass is 19.1. The van der Waals surface area contributed by atoms with Gasteiger partial charge in [0.15, 0.2) is 0 Å². The van der Waals surface area contributed by atoms with Crippen LogP contribution in [0.4, 0.5) is 10.2 Å². The van der Waals surface area contributed by atoms with Gasteiger partial charge in [-0.25, -0.2) is 14.2 Å². The first kappa shape index (κ1) is 17.1. The first-order valence-corrected chi connectivity index (χ1v) is 9.01. The van der Waals surface area contributed by atoms with E-state index in [1.165, 1.54) is 12.1 Å². The van der Waals surface area contributed by atoms with Crippen molar-refractivity contribution < 1.29 is 4.39 Å². The Bertz CT molecular complexity index is 1430. The number of imidazole rings is 1. The smallest absolute Gasteiger partial charge is 0.333 e. The Morgan fingerprint density at radius 1 is 0.931 bits per heavy atom. The lowest BCUT2D eigenvalue weighted by Crippen LogP contribution is -2.20. The van der Waals surface area contributed by atoms with Gasteiger partial charge in [0.05, 0.1) is 28.4 Å². The Kier molecular flexibility index (Phi) is 3.70. The first-order chi connectivity index (χ1) is 14.0. The van der Waals surface area contributed by atoms with Crippen molar-refractivity contribution >= 4 is 27.8 Å². The van der Waals surface area contributed by atoms with Gasteiger partial charge in [-0.05, 0) is 54.1 Å². The number of aromatic nitrogens is 4. The topological polar surface area (TPSA) is 78.7 Å². The highest BCUT2D eigenvalue weighted by molar-refractivity contribution is 6.04. The lowest BCUT2D eigenvalue weighted by atomic mass is 10.0. The molecule has 5 aromatic rings. The summed E-state index contributed by atoms with van der Waals surface area (Å²) in [5, 5.41) is 0.818. The van der Waals surface area contributed by atoms with Crippen LogP contribution >= 0.6 is 0 Å². The molecule has 0 bridgehead atoms. The molecule has 0 fully saturated rings. The van der Waals surface area contributed by atoms with Crippen LogP contribution in [0.15, 0.2) is 71.8 Å². The van der Waals surface area contributed by atoms with E-state index in [2.05, 4.69) is 9.97 Å². The maximum absolute atomic E-state index is 13.4. The minimum Gasteiger partial charge on any atom is -0.384 e. The van der Waals surface area contributed by atoms with E-state index in [0.717, 1.165) is 27.5 Å². The van der Waals surface area contributed by atoms with E-state index in [0.29, 0.717) is 17.0 Å². The van der Waals surface area contributed by atoms with Crippen LogP contribution in [0.1, 0.15) is 0 Å². The minimum atomic E-state index is -0.355. The molecule has 7 heteroatoms. The van der Waals surface area contributed by atoms with Crippen molar-refractivity contribution in [1.29, 1.82) is 0 Å². The van der Waals surface area contributed by atoms with Crippen molar-refractivity contribution in [1.82, 2.24) is 19.1 Å². The first-order valence-electron chi connectivity index (χ1n) is 9.01. The summed E-state index contributed by atoms with van der Waals surface area (Å²) in [7, 11) is 1.70. The predicted octanol–water partition coefficient (Wildman–Crippen LogP) is 3.66. The van der Waals surface area contributed by atoms with E-state index >= 15 is 0 Å². The third-order valence-electron chi connectivity index (χ3n) is 5.09. The number of nitrogens with two attached hydrogens (primary N) is 1. The van der Waals surface area contributed by atoms with Crippen molar-refractivity contribution in [3.63, 3.8) is 0 Å². The lowest BCUT2D eigenvalue weighted by Gasteiger charge is -2.08. The van der Waals surface area contributed by atoms with Gasteiger partial charge in [-0.3, -0.25) is 14.1 Å². The van der Waals surface area contributed by atoms with Gasteiger partial charge in [0, 0.05) is 24.2 Å². The second-order valence-electron chi connectivity index (χ2n) is 6.85. The van der Waals surface area contributed by atoms with E-state index in [1.54, 1.807) is 46.8 Å². The molecule has 6 nitrogen and oxygen atoms in total. The number of fused-ring (bicyclic) bond motifs is 3. The van der Waals surface area contributed by atoms with Crippen molar-refractivity contribution in [2.24, 2.45) is 7.05 Å². The average Bonchev–Trinajstić information content (AvgIpc) is 3.00. The Balaban J connectivity index is 1.86. The summed E-state index contributed by atoms with van der Waals surface area (Å²) in [4.78, 5) is 21.7. The molecule has 142 valence electrons. The second-order valence-corrected chi connectivity index (χ2v) is 6.85. The van der Waals surface area contributed by atoms with Crippen LogP contribution in [0.3, 0.4) is 0 Å². The molecule has 0 saturated heterocycles. The fourth-order valence-electron chi connectivity index (χ4n) is 3.58. The van der Waals surface area contributed by atoms with Gasteiger partial charge in [0.2, 0.25) is 0 Å². The van der Waals surface area contributed by atoms with E-state index in [9.17, 15) is 9.18 Å². The largest absolute Gasteiger partial charge is 0.384 e. The number of anilines is 1. The Hall–Kier alpha value is -4.00. The molecular weight excluding hydrogens is 369 g/mol. The highest BCUT2D eigenvalue weighted by Gasteiger charge is 2.16. The number of benzene rings is 2. The van der Waals surface area contributed by atoms with Crippen molar-refractivity contribution in [2.45, 2.75) is 0 Å². The van der Waals surface area contributed by atoms with Crippen molar-refractivity contribution in [3.8, 4) is 16.8 Å². The maximum Gasteiger partial charge on any atom is 0.333 e. The van der Waals surface area contributed by atoms with Gasteiger partial charge in [0.25, 0.3) is 0 Å². The molecule has 2 aromatic carbocycles. The number of halogens is 1. The fourth-order valence-corrected chi connectivity index (χ4v) is 3.58. The average molecular weight is 385 g/mol. The monoisotopic (exact) mass is 385 g/mol. The van der Waals surface area contributed by atoms with Crippen LogP contribution in [-0.4, -0.2) is 19.1 Å². The minimum absolute atomic E-state index is 0.222. The quantitative estimate of drug-likeness (QED) is 0.503. The Morgan fingerprint density at radius 2 is 1.69 bits per heavy atom. The van der Waals surface area contributed by atoms with Gasteiger partial charge >= 0.3 is 5.69 Å². The number of hydrogen-bond acceptors (Lipinski definition) is 4. The molecule has 0 radical (unpaired) electrons. The van der Waals surface area contributed by atoms with Crippen molar-refractivity contribution in [2.75, 3.05) is 5.73 Å². The predicted molar refractivity (Wildman–Crippen MR) is 111 cm³/mol. The van der Waals surface area contributed by atoms with Gasteiger partial charge in [-0.15, -0.1) is 0 Å². The summed E-state index contributed by atoms with van der Waals surface area (Å²) >= 11 is 0. The third-order valence-corrected chi connectivity index (χ3v) is 5.09. The zero-order valence-corrected chi connectivity index (χ0v) is 15.5.